The first-order valence-corrected chi connectivity index (χ1v) is 7.70. The van der Waals surface area contributed by atoms with E-state index in [2.05, 4.69) is 48.9 Å². The first-order chi connectivity index (χ1) is 9.08. The van der Waals surface area contributed by atoms with Crippen LogP contribution in [-0.2, 0) is 0 Å². The molecule has 3 nitrogen and oxygen atoms in total. The molecule has 1 fully saturated rings. The van der Waals surface area contributed by atoms with Gasteiger partial charge in [-0.1, -0.05) is 43.6 Å². The topological polar surface area (TPSA) is 55.1 Å². The van der Waals surface area contributed by atoms with Gasteiger partial charge in [-0.3, -0.25) is 4.79 Å². The number of carbonyl (C=O) groups is 1. The molecule has 0 aromatic heterocycles. The summed E-state index contributed by atoms with van der Waals surface area (Å²) in [4.78, 5) is 12.5. The fraction of sp³-hybridized carbons (Fsp3) is 0.562. The normalized spacial score (nSPS) is 26.8. The third kappa shape index (κ3) is 2.29. The second-order valence-electron chi connectivity index (χ2n) is 6.99. The summed E-state index contributed by atoms with van der Waals surface area (Å²) in [5, 5.41) is 3.17. The van der Waals surface area contributed by atoms with E-state index in [1.807, 2.05) is 25.1 Å². The van der Waals surface area contributed by atoms with E-state index in [1.165, 1.54) is 0 Å². The van der Waals surface area contributed by atoms with E-state index < -0.39 is 0 Å². The molecule has 0 atom stereocenters. The summed E-state index contributed by atoms with van der Waals surface area (Å²) in [6, 6.07) is 5.88. The highest BCUT2D eigenvalue weighted by atomic mass is 79.9. The van der Waals surface area contributed by atoms with Gasteiger partial charge in [0.05, 0.1) is 0 Å². The molecular formula is C16H23BrN2O. The molecular weight excluding hydrogens is 316 g/mol. The number of amides is 1. The van der Waals surface area contributed by atoms with E-state index in [9.17, 15) is 4.79 Å². The summed E-state index contributed by atoms with van der Waals surface area (Å²) in [5.74, 6) is -0.0203. The van der Waals surface area contributed by atoms with Crippen LogP contribution in [0.5, 0.6) is 0 Å². The van der Waals surface area contributed by atoms with Crippen LogP contribution < -0.4 is 11.1 Å². The molecule has 0 saturated heterocycles. The van der Waals surface area contributed by atoms with Gasteiger partial charge in [-0.15, -0.1) is 0 Å². The quantitative estimate of drug-likeness (QED) is 0.869. The monoisotopic (exact) mass is 338 g/mol. The molecule has 0 bridgehead atoms. The minimum atomic E-state index is -0.0809. The van der Waals surface area contributed by atoms with Crippen LogP contribution >= 0.6 is 15.9 Å². The minimum Gasteiger partial charge on any atom is -0.348 e. The number of halogens is 1. The number of benzene rings is 1. The number of nitrogens with one attached hydrogen (secondary N) is 1. The highest BCUT2D eigenvalue weighted by Crippen LogP contribution is 2.52. The van der Waals surface area contributed by atoms with E-state index in [1.54, 1.807) is 0 Å². The van der Waals surface area contributed by atoms with Crippen molar-refractivity contribution in [2.75, 3.05) is 0 Å². The Morgan fingerprint density at radius 3 is 2.30 bits per heavy atom. The summed E-state index contributed by atoms with van der Waals surface area (Å²) in [5.41, 5.74) is 7.76. The molecule has 1 aliphatic rings. The standard InChI is InChI=1S/C16H23BrN2O/c1-9-8-10(17)6-7-11(9)12(20)19-14-15(2,3)13(18)16(14,4)5/h6-8,13-14H,18H2,1-5H3,(H,19,20). The molecule has 0 spiro atoms. The molecule has 1 saturated carbocycles. The highest BCUT2D eigenvalue weighted by Gasteiger charge is 2.60. The van der Waals surface area contributed by atoms with Crippen LogP contribution in [0, 0.1) is 17.8 Å². The second kappa shape index (κ2) is 4.85. The van der Waals surface area contributed by atoms with Crippen LogP contribution in [0.4, 0.5) is 0 Å². The van der Waals surface area contributed by atoms with Gasteiger partial charge in [0.2, 0.25) is 0 Å². The van der Waals surface area contributed by atoms with Gasteiger partial charge in [-0.05, 0) is 30.7 Å². The SMILES string of the molecule is Cc1cc(Br)ccc1C(=O)NC1C(C)(C)C(N)C1(C)C. The van der Waals surface area contributed by atoms with Gasteiger partial charge in [0.25, 0.3) is 5.91 Å². The Kier molecular flexibility index (Phi) is 3.76. The van der Waals surface area contributed by atoms with Crippen molar-refractivity contribution in [3.63, 3.8) is 0 Å². The van der Waals surface area contributed by atoms with Crippen LogP contribution in [0.2, 0.25) is 0 Å². The average molecular weight is 339 g/mol. The van der Waals surface area contributed by atoms with Gasteiger partial charge in [0.1, 0.15) is 0 Å². The van der Waals surface area contributed by atoms with Crippen molar-refractivity contribution in [2.24, 2.45) is 16.6 Å². The molecule has 2 rings (SSSR count). The Morgan fingerprint density at radius 2 is 1.80 bits per heavy atom. The molecule has 110 valence electrons. The van der Waals surface area contributed by atoms with Crippen LogP contribution in [0.25, 0.3) is 0 Å². The van der Waals surface area contributed by atoms with E-state index in [-0.39, 0.29) is 28.8 Å². The third-order valence-electron chi connectivity index (χ3n) is 4.80. The van der Waals surface area contributed by atoms with Crippen molar-refractivity contribution in [1.82, 2.24) is 5.32 Å². The first-order valence-electron chi connectivity index (χ1n) is 6.91. The van der Waals surface area contributed by atoms with Gasteiger partial charge in [0, 0.05) is 32.9 Å². The summed E-state index contributed by atoms with van der Waals surface area (Å²) in [6.07, 6.45) is 0. The van der Waals surface area contributed by atoms with Gasteiger partial charge in [-0.2, -0.15) is 0 Å². The van der Waals surface area contributed by atoms with Crippen molar-refractivity contribution in [3.05, 3.63) is 33.8 Å². The van der Waals surface area contributed by atoms with Gasteiger partial charge in [-0.25, -0.2) is 0 Å². The molecule has 1 aliphatic carbocycles. The fourth-order valence-corrected chi connectivity index (χ4v) is 4.12. The van der Waals surface area contributed by atoms with Gasteiger partial charge >= 0.3 is 0 Å². The Balaban J connectivity index is 2.20. The third-order valence-corrected chi connectivity index (χ3v) is 5.29. The molecule has 0 radical (unpaired) electrons. The molecule has 0 aliphatic heterocycles. The summed E-state index contributed by atoms with van der Waals surface area (Å²) < 4.78 is 0.984. The zero-order valence-corrected chi connectivity index (χ0v) is 14.3. The number of hydrogen-bond donors (Lipinski definition) is 2. The largest absolute Gasteiger partial charge is 0.348 e. The van der Waals surface area contributed by atoms with E-state index in [0.29, 0.717) is 0 Å². The number of nitrogens with two attached hydrogens (primary N) is 1. The van der Waals surface area contributed by atoms with E-state index >= 15 is 0 Å². The van der Waals surface area contributed by atoms with E-state index in [0.717, 1.165) is 15.6 Å². The number of hydrogen-bond acceptors (Lipinski definition) is 2. The predicted molar refractivity (Wildman–Crippen MR) is 85.7 cm³/mol. The highest BCUT2D eigenvalue weighted by molar-refractivity contribution is 9.10. The van der Waals surface area contributed by atoms with Crippen molar-refractivity contribution >= 4 is 21.8 Å². The lowest BCUT2D eigenvalue weighted by Gasteiger charge is -2.62. The van der Waals surface area contributed by atoms with Crippen molar-refractivity contribution in [2.45, 2.75) is 46.7 Å². The molecule has 4 heteroatoms. The van der Waals surface area contributed by atoms with E-state index in [4.69, 9.17) is 5.73 Å². The number of aryl methyl sites for hydroxylation is 1. The van der Waals surface area contributed by atoms with Crippen molar-refractivity contribution < 1.29 is 4.79 Å². The maximum Gasteiger partial charge on any atom is 0.251 e. The zero-order valence-electron chi connectivity index (χ0n) is 12.8. The molecule has 1 aromatic rings. The van der Waals surface area contributed by atoms with Crippen molar-refractivity contribution in [1.29, 1.82) is 0 Å². The minimum absolute atomic E-state index is 0.0203. The summed E-state index contributed by atoms with van der Waals surface area (Å²) in [7, 11) is 0. The molecule has 3 N–H and O–H groups in total. The Bertz CT molecular complexity index is 535. The van der Waals surface area contributed by atoms with Crippen LogP contribution in [0.1, 0.15) is 43.6 Å². The maximum atomic E-state index is 12.5. The second-order valence-corrected chi connectivity index (χ2v) is 7.90. The lowest BCUT2D eigenvalue weighted by Crippen LogP contribution is -2.76. The molecule has 0 unspecified atom stereocenters. The lowest BCUT2D eigenvalue weighted by atomic mass is 9.48. The first kappa shape index (κ1) is 15.5. The summed E-state index contributed by atoms with van der Waals surface area (Å²) >= 11 is 3.42. The lowest BCUT2D eigenvalue weighted by molar-refractivity contribution is -0.0663. The van der Waals surface area contributed by atoms with Gasteiger partial charge < -0.3 is 11.1 Å². The molecule has 1 amide bonds. The Hall–Kier alpha value is -0.870. The molecule has 20 heavy (non-hydrogen) atoms. The van der Waals surface area contributed by atoms with Crippen LogP contribution in [0.3, 0.4) is 0 Å². The predicted octanol–water partition coefficient (Wildman–Crippen LogP) is 3.25. The maximum absolute atomic E-state index is 12.5. The van der Waals surface area contributed by atoms with Gasteiger partial charge in [0.15, 0.2) is 0 Å². The zero-order chi connectivity index (χ0) is 15.3. The van der Waals surface area contributed by atoms with Crippen LogP contribution in [0.15, 0.2) is 22.7 Å². The number of carbonyl (C=O) groups excluding carboxylic acids is 1. The average Bonchev–Trinajstić information content (AvgIpc) is 2.34. The van der Waals surface area contributed by atoms with Crippen LogP contribution in [-0.4, -0.2) is 18.0 Å². The number of rotatable bonds is 2. The summed E-state index contributed by atoms with van der Waals surface area (Å²) in [6.45, 7) is 10.4. The smallest absolute Gasteiger partial charge is 0.251 e. The Morgan fingerprint density at radius 1 is 1.25 bits per heavy atom. The fourth-order valence-electron chi connectivity index (χ4n) is 3.64. The van der Waals surface area contributed by atoms with Crippen molar-refractivity contribution in [3.8, 4) is 0 Å². The Labute approximate surface area is 129 Å². The molecule has 0 heterocycles. The molecule has 1 aromatic carbocycles.